The number of hydrogen-bond donors (Lipinski definition) is 2. The van der Waals surface area contributed by atoms with Gasteiger partial charge in [0.05, 0.1) is 0 Å². The van der Waals surface area contributed by atoms with Crippen molar-refractivity contribution < 1.29 is 22.7 Å². The van der Waals surface area contributed by atoms with Crippen LogP contribution >= 0.6 is 7.91 Å². The van der Waals surface area contributed by atoms with Crippen molar-refractivity contribution in [2.24, 2.45) is 0 Å². The summed E-state index contributed by atoms with van der Waals surface area (Å²) in [6, 6.07) is 6.88. The summed E-state index contributed by atoms with van der Waals surface area (Å²) in [5.74, 6) is -0.273. The number of hydrogen-bond acceptors (Lipinski definition) is 3. The summed E-state index contributed by atoms with van der Waals surface area (Å²) < 4.78 is 27.9. The Morgan fingerprint density at radius 2 is 1.58 bits per heavy atom. The summed E-state index contributed by atoms with van der Waals surface area (Å²) in [6.45, 7) is 0. The number of halogens is 2. The van der Waals surface area contributed by atoms with E-state index >= 15 is 0 Å². The molecule has 0 saturated heterocycles. The fraction of sp³-hybridized carbons (Fsp3) is 0. The first-order valence-corrected chi connectivity index (χ1v) is 4.88. The van der Waals surface area contributed by atoms with Crippen molar-refractivity contribution in [3.63, 3.8) is 0 Å². The van der Waals surface area contributed by atoms with Crippen LogP contribution in [0.1, 0.15) is 0 Å². The minimum absolute atomic E-state index is 0.273. The van der Waals surface area contributed by atoms with Gasteiger partial charge in [-0.1, -0.05) is 0 Å². The van der Waals surface area contributed by atoms with E-state index in [9.17, 15) is 8.39 Å². The Kier molecular flexibility index (Phi) is 2.04. The zero-order valence-electron chi connectivity index (χ0n) is 5.89. The van der Waals surface area contributed by atoms with Crippen molar-refractivity contribution >= 4 is 7.91 Å². The van der Waals surface area contributed by atoms with E-state index in [1.807, 2.05) is 0 Å². The molecule has 0 bridgehead atoms. The van der Waals surface area contributed by atoms with Gasteiger partial charge in [0.15, 0.2) is 0 Å². The van der Waals surface area contributed by atoms with Crippen LogP contribution in [0.15, 0.2) is 30.3 Å². The molecule has 0 aliphatic heterocycles. The van der Waals surface area contributed by atoms with Gasteiger partial charge in [0, 0.05) is 0 Å². The second-order valence-corrected chi connectivity index (χ2v) is 3.86. The SMILES string of the molecule is OP(O)(F)(F)Oc1ccccc1. The van der Waals surface area contributed by atoms with Gasteiger partial charge >= 0.3 is 66.7 Å². The third kappa shape index (κ3) is 3.57. The van der Waals surface area contributed by atoms with E-state index in [1.54, 1.807) is 6.07 Å². The van der Waals surface area contributed by atoms with Crippen molar-refractivity contribution in [3.8, 4) is 5.75 Å². The molecule has 2 N–H and O–H groups in total. The molecule has 12 heavy (non-hydrogen) atoms. The van der Waals surface area contributed by atoms with E-state index in [0.717, 1.165) is 0 Å². The summed E-state index contributed by atoms with van der Waals surface area (Å²) >= 11 is 0. The molecule has 0 atom stereocenters. The molecule has 0 saturated carbocycles. The van der Waals surface area contributed by atoms with Crippen molar-refractivity contribution in [1.82, 2.24) is 0 Å². The third-order valence-electron chi connectivity index (χ3n) is 0.999. The molecule has 0 aliphatic rings. The molecule has 0 spiro atoms. The van der Waals surface area contributed by atoms with Gasteiger partial charge in [-0.25, -0.2) is 0 Å². The average Bonchev–Trinajstić information content (AvgIpc) is 1.83. The Balaban J connectivity index is 2.79. The van der Waals surface area contributed by atoms with Gasteiger partial charge in [-0.15, -0.1) is 0 Å². The molecule has 0 radical (unpaired) electrons. The molecule has 0 amide bonds. The second kappa shape index (κ2) is 2.62. The summed E-state index contributed by atoms with van der Waals surface area (Å²) in [5.41, 5.74) is 0. The summed E-state index contributed by atoms with van der Waals surface area (Å²) in [6.07, 6.45) is 0. The fourth-order valence-corrected chi connectivity index (χ4v) is 1.12. The zero-order chi connectivity index (χ0) is 9.27. The van der Waals surface area contributed by atoms with E-state index < -0.39 is 7.91 Å². The van der Waals surface area contributed by atoms with Crippen LogP contribution in [0.5, 0.6) is 5.75 Å². The standard InChI is InChI=1S/C6H7F2O3P/c7-12(8,9,10)11-6-4-2-1-3-5-6/h1-5,9-10H. The summed E-state index contributed by atoms with van der Waals surface area (Å²) in [5, 5.41) is 0. The van der Waals surface area contributed by atoms with E-state index in [-0.39, 0.29) is 5.75 Å². The van der Waals surface area contributed by atoms with E-state index in [1.165, 1.54) is 24.3 Å². The summed E-state index contributed by atoms with van der Waals surface area (Å²) in [4.78, 5) is 16.1. The van der Waals surface area contributed by atoms with Gasteiger partial charge in [-0.2, -0.15) is 0 Å². The minimum atomic E-state index is -6.85. The van der Waals surface area contributed by atoms with Crippen LogP contribution in [-0.2, 0) is 0 Å². The molecular formula is C6H7F2O3P. The predicted octanol–water partition coefficient (Wildman–Crippen LogP) is 2.12. The Bertz CT molecular complexity index is 260. The maximum atomic E-state index is 12.1. The van der Waals surface area contributed by atoms with Crippen LogP contribution in [0, 0.1) is 0 Å². The van der Waals surface area contributed by atoms with E-state index in [2.05, 4.69) is 4.52 Å². The van der Waals surface area contributed by atoms with Crippen LogP contribution in [0.3, 0.4) is 0 Å². The van der Waals surface area contributed by atoms with Crippen molar-refractivity contribution in [2.75, 3.05) is 0 Å². The van der Waals surface area contributed by atoms with Crippen LogP contribution in [-0.4, -0.2) is 9.79 Å². The quantitative estimate of drug-likeness (QED) is 0.712. The second-order valence-electron chi connectivity index (χ2n) is 2.16. The van der Waals surface area contributed by atoms with Crippen molar-refractivity contribution in [3.05, 3.63) is 30.3 Å². The Morgan fingerprint density at radius 1 is 1.08 bits per heavy atom. The maximum absolute atomic E-state index is 12.1. The van der Waals surface area contributed by atoms with E-state index in [0.29, 0.717) is 0 Å². The van der Waals surface area contributed by atoms with Gasteiger partial charge in [0.2, 0.25) is 0 Å². The van der Waals surface area contributed by atoms with Crippen LogP contribution < -0.4 is 4.52 Å². The van der Waals surface area contributed by atoms with Gasteiger partial charge in [0.25, 0.3) is 0 Å². The van der Waals surface area contributed by atoms with Crippen molar-refractivity contribution in [2.45, 2.75) is 0 Å². The predicted molar refractivity (Wildman–Crippen MR) is 40.6 cm³/mol. The van der Waals surface area contributed by atoms with Crippen LogP contribution in [0.2, 0.25) is 0 Å². The van der Waals surface area contributed by atoms with Gasteiger partial charge < -0.3 is 0 Å². The zero-order valence-corrected chi connectivity index (χ0v) is 6.79. The molecule has 0 fully saturated rings. The first kappa shape index (κ1) is 9.32. The molecule has 68 valence electrons. The Hall–Kier alpha value is -0.770. The molecular weight excluding hydrogens is 189 g/mol. The Labute approximate surface area is 67.6 Å². The van der Waals surface area contributed by atoms with Gasteiger partial charge in [-0.3, -0.25) is 0 Å². The number of rotatable bonds is 2. The molecule has 1 aromatic rings. The van der Waals surface area contributed by atoms with Gasteiger partial charge in [-0.05, 0) is 0 Å². The fourth-order valence-electron chi connectivity index (χ4n) is 0.655. The summed E-state index contributed by atoms with van der Waals surface area (Å²) in [7, 11) is -6.85. The topological polar surface area (TPSA) is 49.7 Å². The Morgan fingerprint density at radius 3 is 2.00 bits per heavy atom. The number of benzene rings is 1. The monoisotopic (exact) mass is 196 g/mol. The van der Waals surface area contributed by atoms with Crippen LogP contribution in [0.4, 0.5) is 8.39 Å². The van der Waals surface area contributed by atoms with Gasteiger partial charge in [0.1, 0.15) is 0 Å². The van der Waals surface area contributed by atoms with E-state index in [4.69, 9.17) is 9.79 Å². The molecule has 0 unspecified atom stereocenters. The molecule has 1 aromatic carbocycles. The molecule has 0 aromatic heterocycles. The molecule has 0 aliphatic carbocycles. The molecule has 3 nitrogen and oxygen atoms in total. The van der Waals surface area contributed by atoms with Crippen LogP contribution in [0.25, 0.3) is 0 Å². The molecule has 6 heteroatoms. The third-order valence-corrected chi connectivity index (χ3v) is 1.51. The number of para-hydroxylation sites is 1. The van der Waals surface area contributed by atoms with Crippen molar-refractivity contribution in [1.29, 1.82) is 0 Å². The first-order valence-electron chi connectivity index (χ1n) is 3.04. The average molecular weight is 196 g/mol. The normalized spacial score (nSPS) is 14.8. The molecule has 1 rings (SSSR count). The molecule has 0 heterocycles. The first-order chi connectivity index (χ1) is 5.33.